The molecule has 1 amide bonds. The summed E-state index contributed by atoms with van der Waals surface area (Å²) < 4.78 is 5.33. The number of nitrogens with one attached hydrogen (secondary N) is 1. The predicted molar refractivity (Wildman–Crippen MR) is 159 cm³/mol. The van der Waals surface area contributed by atoms with Gasteiger partial charge >= 0.3 is 5.97 Å². The summed E-state index contributed by atoms with van der Waals surface area (Å²) in [5.41, 5.74) is 6.21. The Morgan fingerprint density at radius 1 is 1.02 bits per heavy atom. The van der Waals surface area contributed by atoms with E-state index in [1.165, 1.54) is 30.1 Å². The van der Waals surface area contributed by atoms with Crippen molar-refractivity contribution in [3.63, 3.8) is 0 Å². The SMILES string of the molecule is CC1=C(/C=C/C=C(C)/C=C/C(C)=C/C(=O)Nc2ccc(C[C@@H]3O[C@H](C(=O)O)[C@@H](O)[C@H](O)[C@H]3O)cc2)C(C)(C)CCC1. The van der Waals surface area contributed by atoms with Crippen LogP contribution in [0.4, 0.5) is 5.69 Å². The molecule has 1 fully saturated rings. The van der Waals surface area contributed by atoms with Gasteiger partial charge < -0.3 is 30.5 Å². The first-order chi connectivity index (χ1) is 19.3. The van der Waals surface area contributed by atoms with Crippen LogP contribution in [0.3, 0.4) is 0 Å². The summed E-state index contributed by atoms with van der Waals surface area (Å²) in [5.74, 6) is -1.70. The number of carboxylic acid groups (broad SMARTS) is 1. The Kier molecular flexibility index (Phi) is 11.0. The van der Waals surface area contributed by atoms with Crippen LogP contribution in [0, 0.1) is 5.41 Å². The molecule has 5 N–H and O–H groups in total. The summed E-state index contributed by atoms with van der Waals surface area (Å²) in [6, 6.07) is 6.79. The molecular formula is C33H43NO7. The van der Waals surface area contributed by atoms with Gasteiger partial charge in [0.15, 0.2) is 6.10 Å². The largest absolute Gasteiger partial charge is 0.479 e. The summed E-state index contributed by atoms with van der Waals surface area (Å²) >= 11 is 0. The van der Waals surface area contributed by atoms with Crippen molar-refractivity contribution in [1.29, 1.82) is 0 Å². The third-order valence-corrected chi connectivity index (χ3v) is 7.75. The number of rotatable bonds is 9. The number of hydrogen-bond donors (Lipinski definition) is 5. The van der Waals surface area contributed by atoms with Gasteiger partial charge in [0, 0.05) is 18.2 Å². The Morgan fingerprint density at radius 2 is 1.68 bits per heavy atom. The molecule has 0 bridgehead atoms. The summed E-state index contributed by atoms with van der Waals surface area (Å²) in [6.45, 7) is 10.7. The molecule has 2 aliphatic rings. The number of benzene rings is 1. The lowest BCUT2D eigenvalue weighted by Gasteiger charge is -2.39. The minimum atomic E-state index is -1.72. The molecule has 1 aliphatic carbocycles. The molecule has 1 saturated heterocycles. The van der Waals surface area contributed by atoms with Crippen molar-refractivity contribution in [3.8, 4) is 0 Å². The van der Waals surface area contributed by atoms with E-state index in [0.29, 0.717) is 11.3 Å². The Morgan fingerprint density at radius 3 is 2.32 bits per heavy atom. The Hall–Kier alpha value is -3.30. The van der Waals surface area contributed by atoms with Crippen molar-refractivity contribution >= 4 is 17.6 Å². The number of ether oxygens (including phenoxy) is 1. The summed E-state index contributed by atoms with van der Waals surface area (Å²) in [6.07, 6.45) is 8.03. The number of aliphatic hydroxyl groups is 3. The van der Waals surface area contributed by atoms with Gasteiger partial charge in [0.05, 0.1) is 6.10 Å². The van der Waals surface area contributed by atoms with Crippen molar-refractivity contribution in [2.45, 2.75) is 90.8 Å². The van der Waals surface area contributed by atoms with Crippen molar-refractivity contribution < 1.29 is 34.8 Å². The van der Waals surface area contributed by atoms with Crippen LogP contribution in [-0.4, -0.2) is 62.8 Å². The monoisotopic (exact) mass is 565 g/mol. The van der Waals surface area contributed by atoms with Crippen LogP contribution < -0.4 is 5.32 Å². The van der Waals surface area contributed by atoms with Crippen molar-refractivity contribution in [2.24, 2.45) is 5.41 Å². The molecule has 8 nitrogen and oxygen atoms in total. The quantitative estimate of drug-likeness (QED) is 0.217. The fraction of sp³-hybridized carbons (Fsp3) is 0.455. The second-order valence-electron chi connectivity index (χ2n) is 11.7. The molecule has 41 heavy (non-hydrogen) atoms. The fourth-order valence-corrected chi connectivity index (χ4v) is 5.34. The molecule has 222 valence electrons. The number of aliphatic carboxylic acids is 1. The van der Waals surface area contributed by atoms with Gasteiger partial charge in [-0.2, -0.15) is 0 Å². The highest BCUT2D eigenvalue weighted by molar-refractivity contribution is 5.99. The van der Waals surface area contributed by atoms with Gasteiger partial charge in [0.2, 0.25) is 5.91 Å². The van der Waals surface area contributed by atoms with Crippen LogP contribution in [-0.2, 0) is 20.7 Å². The maximum Gasteiger partial charge on any atom is 0.335 e. The van der Waals surface area contributed by atoms with Gasteiger partial charge in [-0.25, -0.2) is 4.79 Å². The standard InChI is InChI=1S/C33H43NO7/c1-20(8-6-10-25-22(3)9-7-17-33(25,4)5)11-12-21(2)18-27(35)34-24-15-13-23(14-16-24)19-26-28(36)29(37)30(38)31(41-26)32(39)40/h6,8,10-16,18,26,28-31,36-38H,7,9,17,19H2,1-5H3,(H,34,35)(H,39,40)/b10-6+,12-11+,20-8+,21-18+/t26-,28-,29+,30-,31-/m0/s1. The minimum Gasteiger partial charge on any atom is -0.479 e. The van der Waals surface area contributed by atoms with Gasteiger partial charge in [-0.05, 0) is 74.3 Å². The maximum absolute atomic E-state index is 12.5. The Labute approximate surface area is 242 Å². The van der Waals surface area contributed by atoms with Crippen LogP contribution in [0.25, 0.3) is 0 Å². The molecular weight excluding hydrogens is 522 g/mol. The smallest absolute Gasteiger partial charge is 0.335 e. The molecule has 1 aliphatic heterocycles. The first-order valence-electron chi connectivity index (χ1n) is 14.0. The van der Waals surface area contributed by atoms with E-state index < -0.39 is 36.5 Å². The van der Waals surface area contributed by atoms with Crippen molar-refractivity contribution in [2.75, 3.05) is 5.32 Å². The molecule has 8 heteroatoms. The number of allylic oxidation sites excluding steroid dienone is 9. The van der Waals surface area contributed by atoms with Crippen LogP contribution in [0.5, 0.6) is 0 Å². The zero-order valence-electron chi connectivity index (χ0n) is 24.5. The van der Waals surface area contributed by atoms with E-state index in [2.05, 4.69) is 44.3 Å². The second kappa shape index (κ2) is 14.0. The summed E-state index contributed by atoms with van der Waals surface area (Å²) in [4.78, 5) is 23.8. The van der Waals surface area contributed by atoms with Crippen LogP contribution in [0.15, 0.2) is 83.0 Å². The van der Waals surface area contributed by atoms with E-state index >= 15 is 0 Å². The molecule has 1 aromatic carbocycles. The Balaban J connectivity index is 1.54. The highest BCUT2D eigenvalue weighted by Crippen LogP contribution is 2.40. The molecule has 0 saturated carbocycles. The number of hydrogen-bond acceptors (Lipinski definition) is 6. The lowest BCUT2D eigenvalue weighted by Crippen LogP contribution is -2.60. The summed E-state index contributed by atoms with van der Waals surface area (Å²) in [5, 5.41) is 42.1. The van der Waals surface area contributed by atoms with Crippen molar-refractivity contribution in [1.82, 2.24) is 0 Å². The number of carbonyl (C=O) groups excluding carboxylic acids is 1. The van der Waals surface area contributed by atoms with E-state index in [1.54, 1.807) is 24.3 Å². The lowest BCUT2D eigenvalue weighted by atomic mass is 9.72. The molecule has 5 atom stereocenters. The number of carboxylic acids is 1. The predicted octanol–water partition coefficient (Wildman–Crippen LogP) is 4.63. The van der Waals surface area contributed by atoms with Crippen LogP contribution >= 0.6 is 0 Å². The number of anilines is 1. The topological polar surface area (TPSA) is 136 Å². The normalized spacial score (nSPS) is 27.5. The summed E-state index contributed by atoms with van der Waals surface area (Å²) in [7, 11) is 0. The molecule has 0 radical (unpaired) electrons. The van der Waals surface area contributed by atoms with Crippen LogP contribution in [0.2, 0.25) is 0 Å². The van der Waals surface area contributed by atoms with Gasteiger partial charge in [0.1, 0.15) is 18.3 Å². The second-order valence-corrected chi connectivity index (χ2v) is 11.7. The maximum atomic E-state index is 12.5. The molecule has 0 spiro atoms. The lowest BCUT2D eigenvalue weighted by molar-refractivity contribution is -0.227. The first kappa shape index (κ1) is 32.2. The minimum absolute atomic E-state index is 0.115. The number of amides is 1. The molecule has 3 rings (SSSR count). The zero-order chi connectivity index (χ0) is 30.3. The van der Waals surface area contributed by atoms with Gasteiger partial charge in [0.25, 0.3) is 0 Å². The Bertz CT molecular complexity index is 1250. The highest BCUT2D eigenvalue weighted by Gasteiger charge is 2.46. The highest BCUT2D eigenvalue weighted by atomic mass is 16.6. The van der Waals surface area contributed by atoms with Crippen LogP contribution in [0.1, 0.15) is 59.4 Å². The van der Waals surface area contributed by atoms with Gasteiger partial charge in [-0.15, -0.1) is 0 Å². The molecule has 1 aromatic rings. The first-order valence-corrected chi connectivity index (χ1v) is 14.0. The molecule has 0 aromatic heterocycles. The van der Waals surface area contributed by atoms with Crippen molar-refractivity contribution in [3.05, 3.63) is 88.6 Å². The zero-order valence-corrected chi connectivity index (χ0v) is 24.5. The van der Waals surface area contributed by atoms with Gasteiger partial charge in [-0.3, -0.25) is 4.79 Å². The van der Waals surface area contributed by atoms with E-state index in [-0.39, 0.29) is 17.7 Å². The average Bonchev–Trinajstić information content (AvgIpc) is 2.90. The number of aliphatic hydroxyl groups excluding tert-OH is 3. The van der Waals surface area contributed by atoms with E-state index in [4.69, 9.17) is 4.74 Å². The third kappa shape index (κ3) is 8.84. The average molecular weight is 566 g/mol. The van der Waals surface area contributed by atoms with E-state index in [9.17, 15) is 30.0 Å². The molecule has 1 heterocycles. The molecule has 0 unspecified atom stereocenters. The van der Waals surface area contributed by atoms with E-state index in [1.807, 2.05) is 26.0 Å². The van der Waals surface area contributed by atoms with E-state index in [0.717, 1.165) is 17.6 Å². The third-order valence-electron chi connectivity index (χ3n) is 7.75. The number of carbonyl (C=O) groups is 2. The van der Waals surface area contributed by atoms with Gasteiger partial charge in [-0.1, -0.05) is 67.5 Å². The fourth-order valence-electron chi connectivity index (χ4n) is 5.34.